The van der Waals surface area contributed by atoms with Gasteiger partial charge in [-0.2, -0.15) is 0 Å². The van der Waals surface area contributed by atoms with Crippen LogP contribution < -0.4 is 5.56 Å². The van der Waals surface area contributed by atoms with E-state index >= 15 is 0 Å². The lowest BCUT2D eigenvalue weighted by atomic mass is 10.1. The van der Waals surface area contributed by atoms with E-state index in [1.165, 1.54) is 40.4 Å². The zero-order valence-corrected chi connectivity index (χ0v) is 14.4. The maximum absolute atomic E-state index is 13.8. The number of ketones is 1. The average Bonchev–Trinajstić information content (AvgIpc) is 3.10. The molecule has 0 N–H and O–H groups in total. The Morgan fingerprint density at radius 1 is 1.08 bits per heavy atom. The van der Waals surface area contributed by atoms with Gasteiger partial charge in [-0.05, 0) is 17.7 Å². The quantitative estimate of drug-likeness (QED) is 0.511. The van der Waals surface area contributed by atoms with Gasteiger partial charge in [0.05, 0.1) is 23.8 Å². The Labute approximate surface area is 152 Å². The van der Waals surface area contributed by atoms with E-state index in [0.29, 0.717) is 10.2 Å². The first kappa shape index (κ1) is 16.4. The number of fused-ring (bicyclic) bond motifs is 1. The molecule has 2 aromatic heterocycles. The normalized spacial score (nSPS) is 11.0. The van der Waals surface area contributed by atoms with Gasteiger partial charge >= 0.3 is 0 Å². The van der Waals surface area contributed by atoms with Crippen LogP contribution in [0, 0.1) is 5.82 Å². The van der Waals surface area contributed by atoms with Crippen LogP contribution in [0.5, 0.6) is 0 Å². The number of nitrogens with zero attached hydrogens (tertiary/aromatic N) is 2. The van der Waals surface area contributed by atoms with Gasteiger partial charge in [0, 0.05) is 10.9 Å². The van der Waals surface area contributed by atoms with E-state index in [1.54, 1.807) is 6.07 Å². The Kier molecular flexibility index (Phi) is 4.18. The molecule has 0 bridgehead atoms. The molecule has 0 saturated heterocycles. The topological polar surface area (TPSA) is 52.0 Å². The predicted molar refractivity (Wildman–Crippen MR) is 100 cm³/mol. The number of aromatic nitrogens is 2. The van der Waals surface area contributed by atoms with Crippen molar-refractivity contribution in [1.82, 2.24) is 9.55 Å². The fraction of sp³-hybridized carbons (Fsp3) is 0.0500. The molecule has 0 radical (unpaired) electrons. The van der Waals surface area contributed by atoms with Crippen LogP contribution in [0.25, 0.3) is 21.3 Å². The van der Waals surface area contributed by atoms with Crippen molar-refractivity contribution in [3.05, 3.63) is 88.0 Å². The van der Waals surface area contributed by atoms with Crippen LogP contribution in [-0.2, 0) is 6.54 Å². The van der Waals surface area contributed by atoms with E-state index in [1.807, 2.05) is 35.7 Å². The number of carbonyl (C=O) groups is 1. The zero-order chi connectivity index (χ0) is 18.1. The fourth-order valence-corrected chi connectivity index (χ4v) is 3.74. The highest BCUT2D eigenvalue weighted by molar-refractivity contribution is 7.17. The van der Waals surface area contributed by atoms with Crippen LogP contribution in [-0.4, -0.2) is 15.3 Å². The molecule has 0 saturated carbocycles. The second kappa shape index (κ2) is 6.65. The monoisotopic (exact) mass is 364 g/mol. The number of hydrogen-bond acceptors (Lipinski definition) is 4. The Morgan fingerprint density at radius 3 is 2.58 bits per heavy atom. The lowest BCUT2D eigenvalue weighted by molar-refractivity contribution is 0.0966. The number of thiophene rings is 1. The Balaban J connectivity index is 1.78. The number of halogens is 1. The smallest absolute Gasteiger partial charge is 0.263 e. The first-order valence-corrected chi connectivity index (χ1v) is 8.83. The number of carbonyl (C=O) groups excluding carboxylic acids is 1. The molecule has 0 atom stereocenters. The van der Waals surface area contributed by atoms with Crippen molar-refractivity contribution < 1.29 is 9.18 Å². The third kappa shape index (κ3) is 2.84. The van der Waals surface area contributed by atoms with Gasteiger partial charge in [-0.15, -0.1) is 11.3 Å². The minimum absolute atomic E-state index is 0.0342. The third-order valence-electron chi connectivity index (χ3n) is 4.13. The van der Waals surface area contributed by atoms with E-state index in [-0.39, 0.29) is 17.7 Å². The van der Waals surface area contributed by atoms with E-state index in [4.69, 9.17) is 0 Å². The molecular weight excluding hydrogens is 351 g/mol. The molecule has 4 aromatic rings. The third-order valence-corrected chi connectivity index (χ3v) is 5.02. The molecule has 4 rings (SSSR count). The summed E-state index contributed by atoms with van der Waals surface area (Å²) in [4.78, 5) is 30.2. The first-order valence-electron chi connectivity index (χ1n) is 7.95. The summed E-state index contributed by atoms with van der Waals surface area (Å²) < 4.78 is 15.0. The van der Waals surface area contributed by atoms with E-state index in [2.05, 4.69) is 4.98 Å². The minimum Gasteiger partial charge on any atom is -0.292 e. The standard InChI is InChI=1S/C20H13FN2O2S/c21-16-9-5-4-8-14(16)17(24)10-23-12-22-19-18(20(23)25)15(11-26-19)13-6-2-1-3-7-13/h1-9,11-12H,10H2. The lowest BCUT2D eigenvalue weighted by Gasteiger charge is -2.06. The van der Waals surface area contributed by atoms with Gasteiger partial charge in [0.15, 0.2) is 5.78 Å². The number of rotatable bonds is 4. The summed E-state index contributed by atoms with van der Waals surface area (Å²) in [6.07, 6.45) is 1.34. The summed E-state index contributed by atoms with van der Waals surface area (Å²) in [5.41, 5.74) is 1.36. The molecule has 0 aliphatic rings. The highest BCUT2D eigenvalue weighted by Crippen LogP contribution is 2.30. The van der Waals surface area contributed by atoms with Crippen molar-refractivity contribution in [3.8, 4) is 11.1 Å². The van der Waals surface area contributed by atoms with Crippen LogP contribution in [0.3, 0.4) is 0 Å². The second-order valence-electron chi connectivity index (χ2n) is 5.78. The molecule has 0 fully saturated rings. The Hall–Kier alpha value is -3.12. The number of hydrogen-bond donors (Lipinski definition) is 0. The molecule has 128 valence electrons. The van der Waals surface area contributed by atoms with Crippen molar-refractivity contribution in [2.24, 2.45) is 0 Å². The molecule has 0 aliphatic heterocycles. The van der Waals surface area contributed by atoms with E-state index < -0.39 is 11.6 Å². The van der Waals surface area contributed by atoms with Gasteiger partial charge in [0.25, 0.3) is 5.56 Å². The average molecular weight is 364 g/mol. The molecule has 0 amide bonds. The summed E-state index contributed by atoms with van der Waals surface area (Å²) in [6.45, 7) is -0.257. The summed E-state index contributed by atoms with van der Waals surface area (Å²) >= 11 is 1.38. The fourth-order valence-electron chi connectivity index (χ4n) is 2.84. The summed E-state index contributed by atoms with van der Waals surface area (Å²) in [6, 6.07) is 15.3. The first-order chi connectivity index (χ1) is 12.6. The largest absolute Gasteiger partial charge is 0.292 e. The zero-order valence-electron chi connectivity index (χ0n) is 13.6. The number of benzene rings is 2. The Bertz CT molecular complexity index is 1170. The van der Waals surface area contributed by atoms with Gasteiger partial charge < -0.3 is 0 Å². The van der Waals surface area contributed by atoms with Crippen LogP contribution >= 0.6 is 11.3 Å². The highest BCUT2D eigenvalue weighted by Gasteiger charge is 2.16. The lowest BCUT2D eigenvalue weighted by Crippen LogP contribution is -2.25. The summed E-state index contributed by atoms with van der Waals surface area (Å²) in [5, 5.41) is 2.36. The van der Waals surface area contributed by atoms with Gasteiger partial charge in [0.2, 0.25) is 0 Å². The molecule has 0 spiro atoms. The maximum Gasteiger partial charge on any atom is 0.263 e. The van der Waals surface area contributed by atoms with Crippen LogP contribution in [0.15, 0.2) is 71.1 Å². The van der Waals surface area contributed by atoms with E-state index in [9.17, 15) is 14.0 Å². The molecule has 26 heavy (non-hydrogen) atoms. The second-order valence-corrected chi connectivity index (χ2v) is 6.63. The van der Waals surface area contributed by atoms with Crippen molar-refractivity contribution in [3.63, 3.8) is 0 Å². The van der Waals surface area contributed by atoms with Crippen LogP contribution in [0.4, 0.5) is 4.39 Å². The van der Waals surface area contributed by atoms with Crippen LogP contribution in [0.1, 0.15) is 10.4 Å². The highest BCUT2D eigenvalue weighted by atomic mass is 32.1. The summed E-state index contributed by atoms with van der Waals surface area (Å²) in [5.74, 6) is -1.07. The minimum atomic E-state index is -0.597. The van der Waals surface area contributed by atoms with Gasteiger partial charge in [-0.3, -0.25) is 14.2 Å². The number of Topliss-reactive ketones (excluding diaryl/α,β-unsaturated/α-hetero) is 1. The SMILES string of the molecule is O=C(Cn1cnc2scc(-c3ccccc3)c2c1=O)c1ccccc1F. The molecule has 4 nitrogen and oxygen atoms in total. The van der Waals surface area contributed by atoms with Gasteiger partial charge in [-0.25, -0.2) is 9.37 Å². The summed E-state index contributed by atoms with van der Waals surface area (Å²) in [7, 11) is 0. The molecule has 0 aliphatic carbocycles. The van der Waals surface area contributed by atoms with Crippen LogP contribution in [0.2, 0.25) is 0 Å². The maximum atomic E-state index is 13.8. The molecule has 2 aromatic carbocycles. The van der Waals surface area contributed by atoms with E-state index in [0.717, 1.165) is 11.1 Å². The van der Waals surface area contributed by atoms with Crippen molar-refractivity contribution in [2.45, 2.75) is 6.54 Å². The molecule has 6 heteroatoms. The van der Waals surface area contributed by atoms with Crippen molar-refractivity contribution in [1.29, 1.82) is 0 Å². The molecule has 0 unspecified atom stereocenters. The predicted octanol–water partition coefficient (Wildman–Crippen LogP) is 4.15. The van der Waals surface area contributed by atoms with Gasteiger partial charge in [0.1, 0.15) is 10.6 Å². The Morgan fingerprint density at radius 2 is 1.81 bits per heavy atom. The molecule has 2 heterocycles. The van der Waals surface area contributed by atoms with Gasteiger partial charge in [-0.1, -0.05) is 42.5 Å². The van der Waals surface area contributed by atoms with Crippen molar-refractivity contribution in [2.75, 3.05) is 0 Å². The molecular formula is C20H13FN2O2S. The van der Waals surface area contributed by atoms with Crippen molar-refractivity contribution >= 4 is 27.3 Å².